The second-order valence-electron chi connectivity index (χ2n) is 5.63. The van der Waals surface area contributed by atoms with Crippen molar-refractivity contribution in [3.8, 4) is 0 Å². The summed E-state index contributed by atoms with van der Waals surface area (Å²) in [5.41, 5.74) is 0. The van der Waals surface area contributed by atoms with Crippen molar-refractivity contribution in [3.05, 3.63) is 0 Å². The largest absolute Gasteiger partial charge is 1.00 e. The fraction of sp³-hybridized carbons (Fsp3) is 0.882. The first-order valence-corrected chi connectivity index (χ1v) is 8.52. The molecule has 0 fully saturated rings. The summed E-state index contributed by atoms with van der Waals surface area (Å²) in [5, 5.41) is 10.2. The van der Waals surface area contributed by atoms with E-state index in [-0.39, 0.29) is 63.8 Å². The number of hydrogen-bond acceptors (Lipinski definition) is 4. The second-order valence-corrected chi connectivity index (χ2v) is 5.63. The topological polar surface area (TPSA) is 66.4 Å². The second kappa shape index (κ2) is 19.6. The van der Waals surface area contributed by atoms with Gasteiger partial charge in [0, 0.05) is 12.4 Å². The Balaban J connectivity index is 0. The normalized spacial score (nSPS) is 10.0. The molecule has 124 valence electrons. The number of rotatable bonds is 15. The Morgan fingerprint density at radius 2 is 1.27 bits per heavy atom. The van der Waals surface area contributed by atoms with Gasteiger partial charge >= 0.3 is 57.4 Å². The number of carbonyl (C=O) groups excluding carboxylic acids is 2. The van der Waals surface area contributed by atoms with Crippen LogP contribution in [0.2, 0.25) is 0 Å². The molecule has 0 aliphatic rings. The van der Waals surface area contributed by atoms with E-state index < -0.39 is 5.97 Å². The summed E-state index contributed by atoms with van der Waals surface area (Å²) in [6.45, 7) is 2.72. The van der Waals surface area contributed by atoms with Crippen LogP contribution >= 0.6 is 0 Å². The van der Waals surface area contributed by atoms with Crippen molar-refractivity contribution in [2.24, 2.45) is 0 Å². The summed E-state index contributed by atoms with van der Waals surface area (Å²) in [4.78, 5) is 21.5. The van der Waals surface area contributed by atoms with Crippen molar-refractivity contribution < 1.29 is 70.8 Å². The molecule has 0 aliphatic heterocycles. The van der Waals surface area contributed by atoms with Crippen molar-refractivity contribution in [3.63, 3.8) is 0 Å². The van der Waals surface area contributed by atoms with Crippen molar-refractivity contribution in [2.75, 3.05) is 6.61 Å². The van der Waals surface area contributed by atoms with E-state index in [1.807, 2.05) is 0 Å². The van der Waals surface area contributed by atoms with Gasteiger partial charge in [0.15, 0.2) is 0 Å². The third-order valence-corrected chi connectivity index (χ3v) is 3.52. The molecule has 0 amide bonds. The molecule has 0 saturated carbocycles. The van der Waals surface area contributed by atoms with Gasteiger partial charge < -0.3 is 14.6 Å². The molecule has 0 rings (SSSR count). The summed E-state index contributed by atoms with van der Waals surface area (Å²) in [5.74, 6) is -1.27. The van der Waals surface area contributed by atoms with Gasteiger partial charge in [-0.05, 0) is 25.7 Å². The standard InChI is InChI=1S/C17H32O4.K/c1-2-3-4-5-6-7-8-9-12-15-21-17(20)14-11-10-13-16(18)19;/h2-15H2,1H3,(H,18,19);/q;+1/p-1. The molecule has 0 N–H and O–H groups in total. The van der Waals surface area contributed by atoms with E-state index in [0.29, 0.717) is 25.9 Å². The average Bonchev–Trinajstić information content (AvgIpc) is 2.45. The van der Waals surface area contributed by atoms with Crippen LogP contribution in [-0.4, -0.2) is 18.5 Å². The van der Waals surface area contributed by atoms with Gasteiger partial charge in [-0.25, -0.2) is 0 Å². The summed E-state index contributed by atoms with van der Waals surface area (Å²) in [6.07, 6.45) is 12.6. The van der Waals surface area contributed by atoms with Crippen molar-refractivity contribution in [1.29, 1.82) is 0 Å². The molecule has 22 heavy (non-hydrogen) atoms. The molecule has 0 saturated heterocycles. The summed E-state index contributed by atoms with van der Waals surface area (Å²) in [6, 6.07) is 0. The van der Waals surface area contributed by atoms with Gasteiger partial charge in [0.25, 0.3) is 0 Å². The van der Waals surface area contributed by atoms with Crippen molar-refractivity contribution in [2.45, 2.75) is 90.4 Å². The smallest absolute Gasteiger partial charge is 0.550 e. The van der Waals surface area contributed by atoms with Gasteiger partial charge in [-0.1, -0.05) is 58.3 Å². The molecular formula is C17H31KO4. The Kier molecular flexibility index (Phi) is 22.1. The molecule has 0 aliphatic carbocycles. The van der Waals surface area contributed by atoms with E-state index in [1.165, 1.54) is 44.9 Å². The maximum absolute atomic E-state index is 11.3. The van der Waals surface area contributed by atoms with E-state index in [4.69, 9.17) is 4.74 Å². The van der Waals surface area contributed by atoms with Crippen LogP contribution in [-0.2, 0) is 14.3 Å². The zero-order chi connectivity index (χ0) is 15.8. The SMILES string of the molecule is CCCCCCCCCCCOC(=O)CCCCC(=O)[O-].[K+]. The predicted molar refractivity (Wildman–Crippen MR) is 81.7 cm³/mol. The van der Waals surface area contributed by atoms with Crippen LogP contribution in [0.15, 0.2) is 0 Å². The van der Waals surface area contributed by atoms with Crippen LogP contribution in [0.25, 0.3) is 0 Å². The summed E-state index contributed by atoms with van der Waals surface area (Å²) < 4.78 is 5.11. The van der Waals surface area contributed by atoms with E-state index in [2.05, 4.69) is 6.92 Å². The Hall–Kier alpha value is 0.576. The van der Waals surface area contributed by atoms with Gasteiger partial charge in [-0.15, -0.1) is 0 Å². The number of hydrogen-bond donors (Lipinski definition) is 0. The van der Waals surface area contributed by atoms with Crippen molar-refractivity contribution in [1.82, 2.24) is 0 Å². The number of unbranched alkanes of at least 4 members (excludes halogenated alkanes) is 9. The molecule has 5 heteroatoms. The quantitative estimate of drug-likeness (QED) is 0.246. The molecule has 0 spiro atoms. The first-order chi connectivity index (χ1) is 10.2. The Bertz CT molecular complexity index is 269. The number of ether oxygens (including phenoxy) is 1. The van der Waals surface area contributed by atoms with Gasteiger partial charge in [-0.3, -0.25) is 4.79 Å². The van der Waals surface area contributed by atoms with Crippen LogP contribution in [0, 0.1) is 0 Å². The van der Waals surface area contributed by atoms with Crippen LogP contribution in [0.4, 0.5) is 0 Å². The molecular weight excluding hydrogens is 307 g/mol. The zero-order valence-corrected chi connectivity index (χ0v) is 17.7. The molecule has 0 bridgehead atoms. The van der Waals surface area contributed by atoms with Gasteiger partial charge in [0.05, 0.1) is 6.61 Å². The number of carboxylic acids is 1. The molecule has 0 heterocycles. The van der Waals surface area contributed by atoms with Gasteiger partial charge in [0.1, 0.15) is 0 Å². The molecule has 0 aromatic rings. The molecule has 0 unspecified atom stereocenters. The molecule has 0 atom stereocenters. The molecule has 0 aromatic heterocycles. The zero-order valence-electron chi connectivity index (χ0n) is 14.5. The molecule has 0 radical (unpaired) electrons. The van der Waals surface area contributed by atoms with Gasteiger partial charge in [-0.2, -0.15) is 0 Å². The van der Waals surface area contributed by atoms with Crippen molar-refractivity contribution >= 4 is 11.9 Å². The van der Waals surface area contributed by atoms with Crippen LogP contribution in [0.1, 0.15) is 90.4 Å². The fourth-order valence-electron chi connectivity index (χ4n) is 2.21. The van der Waals surface area contributed by atoms with E-state index >= 15 is 0 Å². The van der Waals surface area contributed by atoms with Crippen LogP contribution in [0.5, 0.6) is 0 Å². The maximum Gasteiger partial charge on any atom is 1.00 e. The number of carbonyl (C=O) groups is 2. The maximum atomic E-state index is 11.3. The average molecular weight is 339 g/mol. The number of carboxylic acid groups (broad SMARTS) is 1. The predicted octanol–water partition coefficient (Wildman–Crippen LogP) is 0.375. The van der Waals surface area contributed by atoms with Gasteiger partial charge in [0.2, 0.25) is 0 Å². The minimum Gasteiger partial charge on any atom is -0.550 e. The summed E-state index contributed by atoms with van der Waals surface area (Å²) in [7, 11) is 0. The van der Waals surface area contributed by atoms with Crippen LogP contribution in [0.3, 0.4) is 0 Å². The van der Waals surface area contributed by atoms with E-state index in [9.17, 15) is 14.7 Å². The monoisotopic (exact) mass is 338 g/mol. The van der Waals surface area contributed by atoms with Crippen LogP contribution < -0.4 is 56.5 Å². The summed E-state index contributed by atoms with van der Waals surface area (Å²) >= 11 is 0. The Labute approximate surface area is 178 Å². The first-order valence-electron chi connectivity index (χ1n) is 8.52. The number of esters is 1. The van der Waals surface area contributed by atoms with E-state index in [0.717, 1.165) is 12.8 Å². The third kappa shape index (κ3) is 20.6. The minimum absolute atomic E-state index is 0. The molecule has 4 nitrogen and oxygen atoms in total. The Morgan fingerprint density at radius 3 is 1.82 bits per heavy atom. The molecule has 0 aromatic carbocycles. The third-order valence-electron chi connectivity index (χ3n) is 3.52. The fourth-order valence-corrected chi connectivity index (χ4v) is 2.21. The minimum atomic E-state index is -1.06. The van der Waals surface area contributed by atoms with E-state index in [1.54, 1.807) is 0 Å². The Morgan fingerprint density at radius 1 is 0.773 bits per heavy atom. The number of aliphatic carboxylic acids is 1. The first kappa shape index (κ1) is 24.8.